The number of hydrogen-bond acceptors (Lipinski definition) is 5. The third-order valence-corrected chi connectivity index (χ3v) is 3.16. The van der Waals surface area contributed by atoms with E-state index in [1.165, 1.54) is 5.56 Å². The average molecular weight is 245 g/mol. The van der Waals surface area contributed by atoms with E-state index in [1.54, 1.807) is 0 Å². The van der Waals surface area contributed by atoms with Crippen molar-refractivity contribution in [1.82, 2.24) is 15.5 Å². The number of aryl methyl sites for hydroxylation is 1. The van der Waals surface area contributed by atoms with E-state index >= 15 is 0 Å². The lowest BCUT2D eigenvalue weighted by atomic mass is 10.1. The zero-order chi connectivity index (χ0) is 12.5. The molecule has 1 aromatic heterocycles. The molecule has 3 rings (SSSR count). The van der Waals surface area contributed by atoms with E-state index in [0.717, 1.165) is 5.56 Å². The normalized spacial score (nSPS) is 23.4. The molecule has 2 heterocycles. The van der Waals surface area contributed by atoms with Crippen LogP contribution in [0, 0.1) is 6.92 Å². The predicted molar refractivity (Wildman–Crippen MR) is 65.8 cm³/mol. The monoisotopic (exact) mass is 245 g/mol. The van der Waals surface area contributed by atoms with Crippen molar-refractivity contribution in [3.8, 4) is 11.4 Å². The van der Waals surface area contributed by atoms with Crippen molar-refractivity contribution in [3.63, 3.8) is 0 Å². The van der Waals surface area contributed by atoms with Crippen LogP contribution in [0.1, 0.15) is 23.9 Å². The fourth-order valence-electron chi connectivity index (χ4n) is 2.10. The number of aliphatic hydroxyl groups is 1. The molecular formula is C13H15N3O2. The van der Waals surface area contributed by atoms with E-state index < -0.39 is 0 Å². The van der Waals surface area contributed by atoms with Crippen molar-refractivity contribution in [3.05, 3.63) is 35.7 Å². The standard InChI is InChI=1S/C13H15N3O2/c1-8-2-4-9(5-3-8)12-15-13(18-16-12)11-6-10(17)7-14-11/h2-5,10-11,14,17H,6-7H2,1H3/t10-,11+/m0/s1. The maximum absolute atomic E-state index is 9.46. The van der Waals surface area contributed by atoms with Gasteiger partial charge in [-0.3, -0.25) is 0 Å². The van der Waals surface area contributed by atoms with E-state index in [4.69, 9.17) is 4.52 Å². The molecule has 2 aromatic rings. The molecule has 0 saturated carbocycles. The highest BCUT2D eigenvalue weighted by Crippen LogP contribution is 2.24. The Morgan fingerprint density at radius 1 is 1.33 bits per heavy atom. The van der Waals surface area contributed by atoms with Gasteiger partial charge in [0.05, 0.1) is 12.1 Å². The number of β-amino-alcohol motifs (C(OH)–C–C–N with tert-alkyl or cyclic N) is 1. The van der Waals surface area contributed by atoms with Crippen LogP contribution >= 0.6 is 0 Å². The van der Waals surface area contributed by atoms with Gasteiger partial charge >= 0.3 is 0 Å². The Balaban J connectivity index is 1.83. The average Bonchev–Trinajstić information content (AvgIpc) is 2.98. The van der Waals surface area contributed by atoms with Gasteiger partial charge in [0.15, 0.2) is 0 Å². The third kappa shape index (κ3) is 2.14. The van der Waals surface area contributed by atoms with E-state index in [9.17, 15) is 5.11 Å². The second kappa shape index (κ2) is 4.51. The molecular weight excluding hydrogens is 230 g/mol. The number of benzene rings is 1. The van der Waals surface area contributed by atoms with Gasteiger partial charge < -0.3 is 14.9 Å². The molecule has 1 aliphatic rings. The number of hydrogen-bond donors (Lipinski definition) is 2. The van der Waals surface area contributed by atoms with Crippen molar-refractivity contribution >= 4 is 0 Å². The second-order valence-electron chi connectivity index (χ2n) is 4.67. The quantitative estimate of drug-likeness (QED) is 0.837. The highest BCUT2D eigenvalue weighted by Gasteiger charge is 2.28. The van der Waals surface area contributed by atoms with Crippen LogP contribution in [0.15, 0.2) is 28.8 Å². The maximum Gasteiger partial charge on any atom is 0.244 e. The Hall–Kier alpha value is -1.72. The molecule has 0 amide bonds. The van der Waals surface area contributed by atoms with Gasteiger partial charge in [-0.15, -0.1) is 0 Å². The van der Waals surface area contributed by atoms with Gasteiger partial charge in [-0.2, -0.15) is 4.98 Å². The molecule has 0 unspecified atom stereocenters. The summed E-state index contributed by atoms with van der Waals surface area (Å²) in [5.41, 5.74) is 2.14. The van der Waals surface area contributed by atoms with Crippen molar-refractivity contribution < 1.29 is 9.63 Å². The van der Waals surface area contributed by atoms with Crippen molar-refractivity contribution in [2.75, 3.05) is 6.54 Å². The Labute approximate surface area is 105 Å². The summed E-state index contributed by atoms with van der Waals surface area (Å²) in [6.07, 6.45) is 0.292. The molecule has 1 saturated heterocycles. The summed E-state index contributed by atoms with van der Waals surface area (Å²) < 4.78 is 5.25. The Bertz CT molecular complexity index is 535. The van der Waals surface area contributed by atoms with Crippen LogP contribution in [0.25, 0.3) is 11.4 Å². The first-order chi connectivity index (χ1) is 8.72. The first-order valence-electron chi connectivity index (χ1n) is 6.04. The lowest BCUT2D eigenvalue weighted by Crippen LogP contribution is -2.15. The summed E-state index contributed by atoms with van der Waals surface area (Å²) in [6, 6.07) is 7.94. The van der Waals surface area contributed by atoms with Crippen LogP contribution in [0.4, 0.5) is 0 Å². The number of rotatable bonds is 2. The molecule has 1 fully saturated rings. The van der Waals surface area contributed by atoms with Crippen molar-refractivity contribution in [2.24, 2.45) is 0 Å². The predicted octanol–water partition coefficient (Wildman–Crippen LogP) is 1.44. The zero-order valence-electron chi connectivity index (χ0n) is 10.1. The van der Waals surface area contributed by atoms with E-state index in [-0.39, 0.29) is 12.1 Å². The van der Waals surface area contributed by atoms with Gasteiger partial charge in [0.1, 0.15) is 0 Å². The molecule has 94 valence electrons. The van der Waals surface area contributed by atoms with Gasteiger partial charge in [-0.25, -0.2) is 0 Å². The largest absolute Gasteiger partial charge is 0.392 e. The summed E-state index contributed by atoms with van der Waals surface area (Å²) in [6.45, 7) is 2.61. The lowest BCUT2D eigenvalue weighted by molar-refractivity contribution is 0.191. The Kier molecular flexibility index (Phi) is 2.85. The Morgan fingerprint density at radius 2 is 2.11 bits per heavy atom. The molecule has 0 aliphatic carbocycles. The van der Waals surface area contributed by atoms with Crippen LogP contribution < -0.4 is 5.32 Å². The van der Waals surface area contributed by atoms with E-state index in [1.807, 2.05) is 31.2 Å². The van der Waals surface area contributed by atoms with Crippen molar-refractivity contribution in [1.29, 1.82) is 0 Å². The number of aliphatic hydroxyl groups excluding tert-OH is 1. The smallest absolute Gasteiger partial charge is 0.244 e. The number of aromatic nitrogens is 2. The SMILES string of the molecule is Cc1ccc(-c2noc([C@H]3C[C@H](O)CN3)n2)cc1. The van der Waals surface area contributed by atoms with Crippen molar-refractivity contribution in [2.45, 2.75) is 25.5 Å². The molecule has 0 spiro atoms. The van der Waals surface area contributed by atoms with Gasteiger partial charge in [-0.05, 0) is 13.3 Å². The summed E-state index contributed by atoms with van der Waals surface area (Å²) in [5, 5.41) is 16.6. The Morgan fingerprint density at radius 3 is 2.78 bits per heavy atom. The highest BCUT2D eigenvalue weighted by molar-refractivity contribution is 5.54. The first kappa shape index (κ1) is 11.4. The number of nitrogens with one attached hydrogen (secondary N) is 1. The van der Waals surface area contributed by atoms with Crippen LogP contribution in [0.5, 0.6) is 0 Å². The van der Waals surface area contributed by atoms with Crippen LogP contribution in [0.3, 0.4) is 0 Å². The van der Waals surface area contributed by atoms with E-state index in [2.05, 4.69) is 15.5 Å². The fraction of sp³-hybridized carbons (Fsp3) is 0.385. The molecule has 0 bridgehead atoms. The molecule has 18 heavy (non-hydrogen) atoms. The first-order valence-corrected chi connectivity index (χ1v) is 6.04. The minimum Gasteiger partial charge on any atom is -0.392 e. The minimum atomic E-state index is -0.329. The summed E-state index contributed by atoms with van der Waals surface area (Å²) in [5.74, 6) is 1.13. The van der Waals surface area contributed by atoms with Crippen LogP contribution in [-0.2, 0) is 0 Å². The molecule has 5 heteroatoms. The maximum atomic E-state index is 9.46. The van der Waals surface area contributed by atoms with Gasteiger partial charge in [0.2, 0.25) is 11.7 Å². The minimum absolute atomic E-state index is 0.0355. The molecule has 1 aromatic carbocycles. The number of nitrogens with zero attached hydrogens (tertiary/aromatic N) is 2. The lowest BCUT2D eigenvalue weighted by Gasteiger charge is -2.01. The zero-order valence-corrected chi connectivity index (χ0v) is 10.1. The van der Waals surface area contributed by atoms with Gasteiger partial charge in [0, 0.05) is 12.1 Å². The van der Waals surface area contributed by atoms with E-state index in [0.29, 0.717) is 24.7 Å². The molecule has 0 radical (unpaired) electrons. The summed E-state index contributed by atoms with van der Waals surface area (Å²) in [7, 11) is 0. The summed E-state index contributed by atoms with van der Waals surface area (Å²) >= 11 is 0. The van der Waals surface area contributed by atoms with Gasteiger partial charge in [0.25, 0.3) is 0 Å². The highest BCUT2D eigenvalue weighted by atomic mass is 16.5. The molecule has 2 atom stereocenters. The second-order valence-corrected chi connectivity index (χ2v) is 4.67. The third-order valence-electron chi connectivity index (χ3n) is 3.16. The van der Waals surface area contributed by atoms with Gasteiger partial charge in [-0.1, -0.05) is 35.0 Å². The molecule has 2 N–H and O–H groups in total. The van der Waals surface area contributed by atoms with Crippen LogP contribution in [0.2, 0.25) is 0 Å². The molecule has 5 nitrogen and oxygen atoms in total. The molecule has 1 aliphatic heterocycles. The topological polar surface area (TPSA) is 71.2 Å². The van der Waals surface area contributed by atoms with Crippen LogP contribution in [-0.4, -0.2) is 27.9 Å². The fourth-order valence-corrected chi connectivity index (χ4v) is 2.10. The summed E-state index contributed by atoms with van der Waals surface area (Å²) in [4.78, 5) is 4.38.